The number of benzene rings is 2. The van der Waals surface area contributed by atoms with E-state index in [1.165, 1.54) is 36.4 Å². The van der Waals surface area contributed by atoms with Crippen LogP contribution in [0.1, 0.15) is 15.9 Å². The lowest BCUT2D eigenvalue weighted by atomic mass is 10.1. The standard InChI is InChI=1S/C14H8ClF3INO/c15-9-3-1-8(2-4-9)13(21)20-12-6-5-10(19)7-11(12)14(16,17)18/h1-7H,(H,20,21). The molecule has 0 bridgehead atoms. The molecule has 0 aromatic heterocycles. The first-order valence-corrected chi connectivity index (χ1v) is 7.17. The quantitative estimate of drug-likeness (QED) is 0.657. The largest absolute Gasteiger partial charge is 0.418 e. The van der Waals surface area contributed by atoms with Crippen molar-refractivity contribution in [3.05, 3.63) is 62.2 Å². The number of carbonyl (C=O) groups is 1. The SMILES string of the molecule is O=C(Nc1ccc(I)cc1C(F)(F)F)c1ccc(Cl)cc1. The summed E-state index contributed by atoms with van der Waals surface area (Å²) in [5.41, 5.74) is -0.925. The number of anilines is 1. The van der Waals surface area contributed by atoms with E-state index in [0.29, 0.717) is 8.59 Å². The lowest BCUT2D eigenvalue weighted by Crippen LogP contribution is -2.16. The second-order valence-corrected chi connectivity index (χ2v) is 5.83. The Kier molecular flexibility index (Phi) is 4.77. The van der Waals surface area contributed by atoms with E-state index in [0.717, 1.165) is 6.07 Å². The zero-order chi connectivity index (χ0) is 15.6. The molecule has 2 rings (SSSR count). The number of rotatable bonds is 2. The van der Waals surface area contributed by atoms with Gasteiger partial charge in [0.05, 0.1) is 11.3 Å². The lowest BCUT2D eigenvalue weighted by Gasteiger charge is -2.14. The highest BCUT2D eigenvalue weighted by atomic mass is 127. The maximum absolute atomic E-state index is 13.0. The van der Waals surface area contributed by atoms with Crippen LogP contribution >= 0.6 is 34.2 Å². The molecule has 2 aromatic carbocycles. The van der Waals surface area contributed by atoms with Crippen molar-refractivity contribution in [2.24, 2.45) is 0 Å². The molecule has 0 atom stereocenters. The van der Waals surface area contributed by atoms with Gasteiger partial charge in [0.2, 0.25) is 0 Å². The third-order valence-corrected chi connectivity index (χ3v) is 3.56. The maximum Gasteiger partial charge on any atom is 0.418 e. The Bertz CT molecular complexity index is 671. The highest BCUT2D eigenvalue weighted by Gasteiger charge is 2.34. The Morgan fingerprint density at radius 1 is 1.10 bits per heavy atom. The Hall–Kier alpha value is -1.28. The summed E-state index contributed by atoms with van der Waals surface area (Å²) in [7, 11) is 0. The Morgan fingerprint density at radius 3 is 2.29 bits per heavy atom. The number of hydrogen-bond acceptors (Lipinski definition) is 1. The van der Waals surface area contributed by atoms with Crippen molar-refractivity contribution in [2.75, 3.05) is 5.32 Å². The second kappa shape index (κ2) is 6.23. The van der Waals surface area contributed by atoms with Crippen LogP contribution in [0.4, 0.5) is 18.9 Å². The molecule has 0 radical (unpaired) electrons. The van der Waals surface area contributed by atoms with E-state index in [1.54, 1.807) is 22.6 Å². The number of carbonyl (C=O) groups excluding carboxylic acids is 1. The molecule has 0 saturated carbocycles. The first-order chi connectivity index (χ1) is 9.77. The minimum Gasteiger partial charge on any atom is -0.321 e. The van der Waals surface area contributed by atoms with E-state index in [-0.39, 0.29) is 11.3 Å². The highest BCUT2D eigenvalue weighted by molar-refractivity contribution is 14.1. The molecule has 2 aromatic rings. The van der Waals surface area contributed by atoms with Gasteiger partial charge < -0.3 is 5.32 Å². The molecule has 0 aliphatic rings. The Labute approximate surface area is 137 Å². The molecule has 0 aliphatic carbocycles. The first kappa shape index (κ1) is 16.1. The van der Waals surface area contributed by atoms with Crippen molar-refractivity contribution in [2.45, 2.75) is 6.18 Å². The van der Waals surface area contributed by atoms with E-state index >= 15 is 0 Å². The van der Waals surface area contributed by atoms with Crippen LogP contribution in [0.2, 0.25) is 5.02 Å². The van der Waals surface area contributed by atoms with Gasteiger partial charge in [0.25, 0.3) is 5.91 Å². The summed E-state index contributed by atoms with van der Waals surface area (Å²) in [6.45, 7) is 0. The number of hydrogen-bond donors (Lipinski definition) is 1. The predicted octanol–water partition coefficient (Wildman–Crippen LogP) is 5.22. The van der Waals surface area contributed by atoms with E-state index in [4.69, 9.17) is 11.6 Å². The summed E-state index contributed by atoms with van der Waals surface area (Å²) < 4.78 is 39.3. The van der Waals surface area contributed by atoms with Crippen LogP contribution < -0.4 is 5.32 Å². The van der Waals surface area contributed by atoms with Gasteiger partial charge in [-0.15, -0.1) is 0 Å². The van der Waals surface area contributed by atoms with Gasteiger partial charge in [-0.1, -0.05) is 11.6 Å². The number of nitrogens with one attached hydrogen (secondary N) is 1. The summed E-state index contributed by atoms with van der Waals surface area (Å²) in [4.78, 5) is 12.0. The van der Waals surface area contributed by atoms with Gasteiger partial charge in [0, 0.05) is 14.2 Å². The van der Waals surface area contributed by atoms with Crippen molar-refractivity contribution in [1.82, 2.24) is 0 Å². The molecule has 0 aliphatic heterocycles. The highest BCUT2D eigenvalue weighted by Crippen LogP contribution is 2.36. The molecule has 0 unspecified atom stereocenters. The maximum atomic E-state index is 13.0. The average molecular weight is 426 g/mol. The minimum atomic E-state index is -4.54. The van der Waals surface area contributed by atoms with Crippen LogP contribution in [-0.2, 0) is 6.18 Å². The molecule has 2 nitrogen and oxygen atoms in total. The van der Waals surface area contributed by atoms with E-state index < -0.39 is 17.6 Å². The third kappa shape index (κ3) is 4.10. The van der Waals surface area contributed by atoms with Crippen LogP contribution in [-0.4, -0.2) is 5.91 Å². The van der Waals surface area contributed by atoms with Gasteiger partial charge in [0.1, 0.15) is 0 Å². The van der Waals surface area contributed by atoms with Gasteiger partial charge in [-0.3, -0.25) is 4.79 Å². The molecule has 110 valence electrons. The van der Waals surface area contributed by atoms with Gasteiger partial charge in [-0.2, -0.15) is 13.2 Å². The van der Waals surface area contributed by atoms with Crippen LogP contribution in [0.25, 0.3) is 0 Å². The molecular weight excluding hydrogens is 418 g/mol. The van der Waals surface area contributed by atoms with Crippen molar-refractivity contribution < 1.29 is 18.0 Å². The molecule has 7 heteroatoms. The number of alkyl halides is 3. The van der Waals surface area contributed by atoms with Crippen molar-refractivity contribution in [3.8, 4) is 0 Å². The summed E-state index contributed by atoms with van der Waals surface area (Å²) in [6.07, 6.45) is -4.54. The summed E-state index contributed by atoms with van der Waals surface area (Å²) in [5.74, 6) is -0.627. The minimum absolute atomic E-state index is 0.228. The molecule has 21 heavy (non-hydrogen) atoms. The molecule has 1 N–H and O–H groups in total. The third-order valence-electron chi connectivity index (χ3n) is 2.64. The van der Waals surface area contributed by atoms with E-state index in [2.05, 4.69) is 5.32 Å². The van der Waals surface area contributed by atoms with Crippen molar-refractivity contribution >= 4 is 45.8 Å². The summed E-state index contributed by atoms with van der Waals surface area (Å²) in [6, 6.07) is 9.59. The Balaban J connectivity index is 2.31. The van der Waals surface area contributed by atoms with Crippen LogP contribution in [0.3, 0.4) is 0 Å². The topological polar surface area (TPSA) is 29.1 Å². The molecule has 1 amide bonds. The lowest BCUT2D eigenvalue weighted by molar-refractivity contribution is -0.137. The Morgan fingerprint density at radius 2 is 1.71 bits per heavy atom. The van der Waals surface area contributed by atoms with Crippen LogP contribution in [0, 0.1) is 3.57 Å². The number of amides is 1. The van der Waals surface area contributed by atoms with Gasteiger partial charge >= 0.3 is 6.18 Å². The molecule has 0 saturated heterocycles. The van der Waals surface area contributed by atoms with Gasteiger partial charge in [0.15, 0.2) is 0 Å². The fraction of sp³-hybridized carbons (Fsp3) is 0.0714. The molecule has 0 spiro atoms. The smallest absolute Gasteiger partial charge is 0.321 e. The van der Waals surface area contributed by atoms with Gasteiger partial charge in [-0.05, 0) is 65.1 Å². The fourth-order valence-corrected chi connectivity index (χ4v) is 2.27. The summed E-state index contributed by atoms with van der Waals surface area (Å²) >= 11 is 7.48. The zero-order valence-corrected chi connectivity index (χ0v) is 13.3. The predicted molar refractivity (Wildman–Crippen MR) is 83.6 cm³/mol. The normalized spacial score (nSPS) is 11.3. The molecular formula is C14H8ClF3INO. The van der Waals surface area contributed by atoms with Crippen molar-refractivity contribution in [1.29, 1.82) is 0 Å². The number of halogens is 5. The molecule has 0 heterocycles. The average Bonchev–Trinajstić information content (AvgIpc) is 2.40. The van der Waals surface area contributed by atoms with Crippen molar-refractivity contribution in [3.63, 3.8) is 0 Å². The second-order valence-electron chi connectivity index (χ2n) is 4.15. The van der Waals surface area contributed by atoms with Gasteiger partial charge in [-0.25, -0.2) is 0 Å². The summed E-state index contributed by atoms with van der Waals surface area (Å²) in [5, 5.41) is 2.72. The van der Waals surface area contributed by atoms with Crippen LogP contribution in [0.5, 0.6) is 0 Å². The fourth-order valence-electron chi connectivity index (χ4n) is 1.66. The molecule has 0 fully saturated rings. The monoisotopic (exact) mass is 425 g/mol. The zero-order valence-electron chi connectivity index (χ0n) is 10.3. The van der Waals surface area contributed by atoms with E-state index in [9.17, 15) is 18.0 Å². The van der Waals surface area contributed by atoms with Crippen LogP contribution in [0.15, 0.2) is 42.5 Å². The first-order valence-electron chi connectivity index (χ1n) is 5.71. The van der Waals surface area contributed by atoms with E-state index in [1.807, 2.05) is 0 Å².